The summed E-state index contributed by atoms with van der Waals surface area (Å²) < 4.78 is 71.5. The number of methoxy groups -OCH3 is 1. The van der Waals surface area contributed by atoms with Crippen LogP contribution in [0.5, 0.6) is 0 Å². The summed E-state index contributed by atoms with van der Waals surface area (Å²) in [7, 11) is -2.15. The van der Waals surface area contributed by atoms with Gasteiger partial charge in [0.15, 0.2) is 0 Å². The van der Waals surface area contributed by atoms with E-state index >= 15 is 0 Å². The molecule has 42 heavy (non-hydrogen) atoms. The van der Waals surface area contributed by atoms with E-state index in [1.165, 1.54) is 23.5 Å². The number of benzene rings is 2. The smallest absolute Gasteiger partial charge is 0.380 e. The monoisotopic (exact) mass is 650 g/mol. The Bertz CT molecular complexity index is 1460. The third-order valence-electron chi connectivity index (χ3n) is 7.52. The standard InChI is InChI=1S/C27H31Cl2F3N4O5S/c1-16-12-34(8-9-36(16)42(3,39)40)26(38)35-13-20(17-6-7-22(28)23(29)11-17)24(14-35)33-25(37)18-4-5-19(15-41-2)21(10-18)27(30,31)32/h4-7,10-11,16,20,24H,8-9,12-15H2,1-3H3,(H,33,37). The van der Waals surface area contributed by atoms with Crippen LogP contribution in [0.1, 0.15) is 39.9 Å². The number of alkyl halides is 3. The number of piperazine rings is 1. The second kappa shape index (κ2) is 12.6. The Morgan fingerprint density at radius 2 is 1.74 bits per heavy atom. The highest BCUT2D eigenvalue weighted by molar-refractivity contribution is 7.88. The lowest BCUT2D eigenvalue weighted by molar-refractivity contribution is -0.138. The molecule has 15 heteroatoms. The lowest BCUT2D eigenvalue weighted by atomic mass is 9.94. The molecule has 0 radical (unpaired) electrons. The first-order valence-electron chi connectivity index (χ1n) is 13.1. The number of likely N-dealkylation sites (tertiary alicyclic amines) is 1. The number of sulfonamides is 1. The molecule has 2 aromatic rings. The van der Waals surface area contributed by atoms with Crippen molar-refractivity contribution in [2.75, 3.05) is 46.1 Å². The van der Waals surface area contributed by atoms with Crippen LogP contribution >= 0.6 is 23.2 Å². The molecule has 9 nitrogen and oxygen atoms in total. The van der Waals surface area contributed by atoms with Crippen LogP contribution in [0.2, 0.25) is 10.0 Å². The van der Waals surface area contributed by atoms with Gasteiger partial charge in [-0.2, -0.15) is 17.5 Å². The first-order valence-corrected chi connectivity index (χ1v) is 15.7. The van der Waals surface area contributed by atoms with Gasteiger partial charge in [-0.3, -0.25) is 4.79 Å². The van der Waals surface area contributed by atoms with Crippen molar-refractivity contribution in [1.29, 1.82) is 0 Å². The molecule has 0 aliphatic carbocycles. The maximum Gasteiger partial charge on any atom is 0.416 e. The van der Waals surface area contributed by atoms with Gasteiger partial charge in [0, 0.05) is 57.4 Å². The van der Waals surface area contributed by atoms with Crippen LogP contribution in [-0.2, 0) is 27.5 Å². The van der Waals surface area contributed by atoms with Gasteiger partial charge >= 0.3 is 12.2 Å². The molecular formula is C27H31Cl2F3N4O5S. The number of carbonyl (C=O) groups excluding carboxylic acids is 2. The van der Waals surface area contributed by atoms with Crippen molar-refractivity contribution >= 4 is 45.2 Å². The number of amides is 3. The van der Waals surface area contributed by atoms with Crippen LogP contribution in [0, 0.1) is 0 Å². The zero-order valence-corrected chi connectivity index (χ0v) is 25.4. The van der Waals surface area contributed by atoms with Gasteiger partial charge in [0.1, 0.15) is 0 Å². The summed E-state index contributed by atoms with van der Waals surface area (Å²) in [6, 6.07) is 6.83. The summed E-state index contributed by atoms with van der Waals surface area (Å²) in [4.78, 5) is 29.9. The highest BCUT2D eigenvalue weighted by atomic mass is 35.5. The first-order chi connectivity index (χ1) is 19.6. The number of ether oxygens (including phenoxy) is 1. The van der Waals surface area contributed by atoms with Crippen molar-refractivity contribution in [2.45, 2.75) is 37.7 Å². The molecule has 0 bridgehead atoms. The first kappa shape index (κ1) is 32.3. The van der Waals surface area contributed by atoms with Crippen LogP contribution in [0.3, 0.4) is 0 Å². The van der Waals surface area contributed by atoms with Gasteiger partial charge < -0.3 is 19.9 Å². The third-order valence-corrected chi connectivity index (χ3v) is 9.65. The molecule has 2 aliphatic heterocycles. The van der Waals surface area contributed by atoms with E-state index in [0.29, 0.717) is 10.6 Å². The molecule has 0 spiro atoms. The van der Waals surface area contributed by atoms with E-state index in [-0.39, 0.29) is 61.5 Å². The van der Waals surface area contributed by atoms with Crippen LogP contribution < -0.4 is 5.32 Å². The molecule has 3 unspecified atom stereocenters. The average molecular weight is 652 g/mol. The SMILES string of the molecule is COCc1ccc(C(=O)NC2CN(C(=O)N3CCN(S(C)(=O)=O)C(C)C3)CC2c2ccc(Cl)c(Cl)c2)cc1C(F)(F)F. The molecule has 4 rings (SSSR count). The Balaban J connectivity index is 1.58. The highest BCUT2D eigenvalue weighted by Crippen LogP contribution is 2.35. The maximum absolute atomic E-state index is 13.7. The molecule has 0 saturated carbocycles. The highest BCUT2D eigenvalue weighted by Gasteiger charge is 2.41. The Morgan fingerprint density at radius 1 is 1.02 bits per heavy atom. The molecule has 3 atom stereocenters. The normalized spacial score (nSPS) is 22.0. The van der Waals surface area contributed by atoms with Crippen molar-refractivity contribution in [2.24, 2.45) is 0 Å². The lowest BCUT2D eigenvalue weighted by Gasteiger charge is -2.39. The number of hydrogen-bond acceptors (Lipinski definition) is 5. The Kier molecular flexibility index (Phi) is 9.68. The average Bonchev–Trinajstić information content (AvgIpc) is 3.32. The van der Waals surface area contributed by atoms with Crippen LogP contribution in [0.25, 0.3) is 0 Å². The number of hydrogen-bond donors (Lipinski definition) is 1. The summed E-state index contributed by atoms with van der Waals surface area (Å²) >= 11 is 12.3. The fourth-order valence-corrected chi connectivity index (χ4v) is 6.95. The van der Waals surface area contributed by atoms with Crippen LogP contribution in [-0.4, -0.2) is 92.6 Å². The van der Waals surface area contributed by atoms with Gasteiger partial charge in [0.05, 0.1) is 34.5 Å². The van der Waals surface area contributed by atoms with Crippen molar-refractivity contribution in [3.05, 3.63) is 68.7 Å². The number of nitrogens with zero attached hydrogens (tertiary/aromatic N) is 3. The maximum atomic E-state index is 13.7. The number of carbonyl (C=O) groups is 2. The van der Waals surface area contributed by atoms with Gasteiger partial charge in [-0.1, -0.05) is 35.3 Å². The van der Waals surface area contributed by atoms with E-state index in [1.54, 1.807) is 34.9 Å². The molecule has 2 heterocycles. The largest absolute Gasteiger partial charge is 0.416 e. The Hall–Kier alpha value is -2.58. The van der Waals surface area contributed by atoms with Gasteiger partial charge in [0.2, 0.25) is 10.0 Å². The lowest BCUT2D eigenvalue weighted by Crippen LogP contribution is -2.57. The minimum Gasteiger partial charge on any atom is -0.380 e. The van der Waals surface area contributed by atoms with Gasteiger partial charge in [-0.25, -0.2) is 13.2 Å². The number of urea groups is 1. The quantitative estimate of drug-likeness (QED) is 0.498. The van der Waals surface area contributed by atoms with Gasteiger partial charge in [-0.05, 0) is 42.3 Å². The molecule has 2 aromatic carbocycles. The fraction of sp³-hybridized carbons (Fsp3) is 0.481. The van der Waals surface area contributed by atoms with E-state index in [0.717, 1.165) is 12.3 Å². The third kappa shape index (κ3) is 7.13. The summed E-state index contributed by atoms with van der Waals surface area (Å²) in [5, 5.41) is 3.41. The molecule has 3 amide bonds. The van der Waals surface area contributed by atoms with Crippen molar-refractivity contribution in [3.8, 4) is 0 Å². The summed E-state index contributed by atoms with van der Waals surface area (Å²) in [5.74, 6) is -1.18. The fourth-order valence-electron chi connectivity index (χ4n) is 5.51. The van der Waals surface area contributed by atoms with Gasteiger partial charge in [-0.15, -0.1) is 0 Å². The van der Waals surface area contributed by atoms with E-state index < -0.39 is 45.7 Å². The predicted octanol–water partition coefficient (Wildman–Crippen LogP) is 4.44. The predicted molar refractivity (Wildman–Crippen MR) is 152 cm³/mol. The van der Waals surface area contributed by atoms with E-state index in [1.807, 2.05) is 0 Å². The minimum absolute atomic E-state index is 0.0735. The Labute approximate surface area is 252 Å². The van der Waals surface area contributed by atoms with Crippen molar-refractivity contribution in [3.63, 3.8) is 0 Å². The van der Waals surface area contributed by atoms with Crippen molar-refractivity contribution < 1.29 is 35.9 Å². The molecule has 1 N–H and O–H groups in total. The number of halogens is 5. The molecular weight excluding hydrogens is 620 g/mol. The zero-order valence-electron chi connectivity index (χ0n) is 23.1. The second-order valence-electron chi connectivity index (χ2n) is 10.5. The summed E-state index contributed by atoms with van der Waals surface area (Å²) in [5.41, 5.74) is -0.570. The number of nitrogens with one attached hydrogen (secondary N) is 1. The molecule has 2 aliphatic rings. The van der Waals surface area contributed by atoms with E-state index in [9.17, 15) is 31.2 Å². The minimum atomic E-state index is -4.69. The zero-order chi connectivity index (χ0) is 31.0. The Morgan fingerprint density at radius 3 is 2.33 bits per heavy atom. The summed E-state index contributed by atoms with van der Waals surface area (Å²) in [6.07, 6.45) is -3.57. The molecule has 0 aromatic heterocycles. The van der Waals surface area contributed by atoms with E-state index in [2.05, 4.69) is 5.32 Å². The topological polar surface area (TPSA) is 99.3 Å². The van der Waals surface area contributed by atoms with Crippen molar-refractivity contribution in [1.82, 2.24) is 19.4 Å². The van der Waals surface area contributed by atoms with Crippen LogP contribution in [0.15, 0.2) is 36.4 Å². The van der Waals surface area contributed by atoms with E-state index in [4.69, 9.17) is 27.9 Å². The molecule has 2 fully saturated rings. The molecule has 230 valence electrons. The molecule has 2 saturated heterocycles. The van der Waals surface area contributed by atoms with Gasteiger partial charge in [0.25, 0.3) is 5.91 Å². The number of rotatable bonds is 6. The summed E-state index contributed by atoms with van der Waals surface area (Å²) in [6.45, 7) is 2.23. The van der Waals surface area contributed by atoms with Crippen LogP contribution in [0.4, 0.5) is 18.0 Å². The second-order valence-corrected chi connectivity index (χ2v) is 13.3.